The molecule has 1 amide bonds. The van der Waals surface area contributed by atoms with Crippen LogP contribution in [0.5, 0.6) is 11.5 Å². The minimum absolute atomic E-state index is 0.0407. The van der Waals surface area contributed by atoms with E-state index in [2.05, 4.69) is 26.8 Å². The number of nitrogens with zero attached hydrogens (tertiary/aromatic N) is 1. The van der Waals surface area contributed by atoms with Crippen molar-refractivity contribution in [3.8, 4) is 11.5 Å². The van der Waals surface area contributed by atoms with E-state index in [1.807, 2.05) is 41.3 Å². The lowest BCUT2D eigenvalue weighted by Gasteiger charge is -2.25. The molecule has 1 heterocycles. The molecule has 1 unspecified atom stereocenters. The van der Waals surface area contributed by atoms with Crippen LogP contribution in [-0.4, -0.2) is 31.1 Å². The van der Waals surface area contributed by atoms with Crippen molar-refractivity contribution in [2.24, 2.45) is 0 Å². The van der Waals surface area contributed by atoms with Crippen molar-refractivity contribution >= 4 is 5.91 Å². The number of benzene rings is 2. The van der Waals surface area contributed by atoms with E-state index in [1.165, 1.54) is 11.1 Å². The van der Waals surface area contributed by atoms with Gasteiger partial charge in [-0.25, -0.2) is 0 Å². The summed E-state index contributed by atoms with van der Waals surface area (Å²) in [6.45, 7) is 7.31. The molecule has 0 aliphatic carbocycles. The van der Waals surface area contributed by atoms with Gasteiger partial charge in [-0.05, 0) is 66.6 Å². The highest BCUT2D eigenvalue weighted by molar-refractivity contribution is 5.78. The molecule has 3 rings (SSSR count). The lowest BCUT2D eigenvalue weighted by Crippen LogP contribution is -2.34. The summed E-state index contributed by atoms with van der Waals surface area (Å²) in [4.78, 5) is 14.7. The van der Waals surface area contributed by atoms with Gasteiger partial charge in [0.25, 0.3) is 5.91 Å². The zero-order valence-electron chi connectivity index (χ0n) is 16.7. The van der Waals surface area contributed by atoms with Crippen LogP contribution in [-0.2, 0) is 4.79 Å². The van der Waals surface area contributed by atoms with Crippen molar-refractivity contribution in [1.82, 2.24) is 4.90 Å². The topological polar surface area (TPSA) is 38.8 Å². The maximum absolute atomic E-state index is 12.8. The normalized spacial score (nSPS) is 16.6. The van der Waals surface area contributed by atoms with Gasteiger partial charge in [0, 0.05) is 6.54 Å². The van der Waals surface area contributed by atoms with Gasteiger partial charge < -0.3 is 14.4 Å². The largest absolute Gasteiger partial charge is 0.497 e. The van der Waals surface area contributed by atoms with Gasteiger partial charge in [-0.3, -0.25) is 4.79 Å². The van der Waals surface area contributed by atoms with Crippen LogP contribution in [0.2, 0.25) is 0 Å². The van der Waals surface area contributed by atoms with Crippen LogP contribution in [0, 0.1) is 6.92 Å². The molecule has 0 spiro atoms. The van der Waals surface area contributed by atoms with Crippen molar-refractivity contribution in [1.29, 1.82) is 0 Å². The zero-order chi connectivity index (χ0) is 19.4. The summed E-state index contributed by atoms with van der Waals surface area (Å²) in [6.07, 6.45) is 2.00. The number of likely N-dealkylation sites (tertiary alicyclic amines) is 1. The van der Waals surface area contributed by atoms with E-state index in [0.717, 1.165) is 36.4 Å². The maximum Gasteiger partial charge on any atom is 0.261 e. The Labute approximate surface area is 162 Å². The number of rotatable bonds is 6. The molecule has 1 aliphatic heterocycles. The van der Waals surface area contributed by atoms with Crippen molar-refractivity contribution in [2.45, 2.75) is 45.6 Å². The summed E-state index contributed by atoms with van der Waals surface area (Å²) in [5.41, 5.74) is 3.67. The Hall–Kier alpha value is -2.49. The van der Waals surface area contributed by atoms with E-state index < -0.39 is 0 Å². The first kappa shape index (κ1) is 19.3. The van der Waals surface area contributed by atoms with E-state index in [-0.39, 0.29) is 18.6 Å². The molecule has 1 atom stereocenters. The molecule has 144 valence electrons. The van der Waals surface area contributed by atoms with E-state index >= 15 is 0 Å². The van der Waals surface area contributed by atoms with Crippen LogP contribution in [0.25, 0.3) is 0 Å². The Kier molecular flexibility index (Phi) is 6.04. The fourth-order valence-corrected chi connectivity index (χ4v) is 3.85. The Morgan fingerprint density at radius 1 is 1.15 bits per heavy atom. The Bertz CT molecular complexity index is 783. The molecule has 2 aromatic rings. The highest BCUT2D eigenvalue weighted by atomic mass is 16.5. The van der Waals surface area contributed by atoms with E-state index in [4.69, 9.17) is 9.47 Å². The first-order chi connectivity index (χ1) is 13.0. The summed E-state index contributed by atoms with van der Waals surface area (Å²) < 4.78 is 11.0. The summed E-state index contributed by atoms with van der Waals surface area (Å²) in [6, 6.07) is 14.2. The minimum Gasteiger partial charge on any atom is -0.497 e. The van der Waals surface area contributed by atoms with Crippen molar-refractivity contribution in [3.05, 3.63) is 59.2 Å². The van der Waals surface area contributed by atoms with Gasteiger partial charge in [0.05, 0.1) is 13.2 Å². The molecule has 27 heavy (non-hydrogen) atoms. The molecule has 0 aromatic heterocycles. The Morgan fingerprint density at radius 3 is 2.48 bits per heavy atom. The van der Waals surface area contributed by atoms with Crippen LogP contribution in [0.3, 0.4) is 0 Å². The monoisotopic (exact) mass is 367 g/mol. The van der Waals surface area contributed by atoms with Crippen LogP contribution >= 0.6 is 0 Å². The van der Waals surface area contributed by atoms with E-state index in [0.29, 0.717) is 5.92 Å². The van der Waals surface area contributed by atoms with Gasteiger partial charge in [0.1, 0.15) is 11.5 Å². The Balaban J connectivity index is 1.63. The van der Waals surface area contributed by atoms with Crippen molar-refractivity contribution < 1.29 is 14.3 Å². The van der Waals surface area contributed by atoms with Gasteiger partial charge in [-0.2, -0.15) is 0 Å². The average molecular weight is 367 g/mol. The van der Waals surface area contributed by atoms with Gasteiger partial charge in [-0.1, -0.05) is 32.0 Å². The quantitative estimate of drug-likeness (QED) is 0.731. The second-order valence-corrected chi connectivity index (χ2v) is 7.48. The number of methoxy groups -OCH3 is 1. The predicted molar refractivity (Wildman–Crippen MR) is 107 cm³/mol. The molecule has 2 aromatic carbocycles. The molecule has 0 saturated carbocycles. The molecule has 0 bridgehead atoms. The summed E-state index contributed by atoms with van der Waals surface area (Å²) in [5, 5.41) is 0. The fourth-order valence-electron chi connectivity index (χ4n) is 3.85. The number of carbonyl (C=O) groups excluding carboxylic acids is 1. The highest BCUT2D eigenvalue weighted by Gasteiger charge is 2.30. The van der Waals surface area contributed by atoms with Crippen molar-refractivity contribution in [2.75, 3.05) is 20.3 Å². The molecule has 4 nitrogen and oxygen atoms in total. The molecule has 1 aliphatic rings. The smallest absolute Gasteiger partial charge is 0.261 e. The minimum atomic E-state index is 0.0407. The number of ether oxygens (including phenoxy) is 2. The van der Waals surface area contributed by atoms with E-state index in [9.17, 15) is 4.79 Å². The summed E-state index contributed by atoms with van der Waals surface area (Å²) >= 11 is 0. The number of amides is 1. The first-order valence-electron chi connectivity index (χ1n) is 9.66. The second kappa shape index (κ2) is 8.47. The SMILES string of the molecule is COc1ccc(C2CCCN2C(=O)COc2ccc(C(C)C)c(C)c2)cc1. The van der Waals surface area contributed by atoms with Gasteiger partial charge >= 0.3 is 0 Å². The number of carbonyl (C=O) groups is 1. The standard InChI is InChI=1S/C23H29NO3/c1-16(2)21-12-11-20(14-17(21)3)27-15-23(25)24-13-5-6-22(24)18-7-9-19(26-4)10-8-18/h7-12,14,16,22H,5-6,13,15H2,1-4H3. The predicted octanol–water partition coefficient (Wildman–Crippen LogP) is 4.87. The van der Waals surface area contributed by atoms with Crippen LogP contribution in [0.15, 0.2) is 42.5 Å². The molecular formula is C23H29NO3. The fraction of sp³-hybridized carbons (Fsp3) is 0.435. The highest BCUT2D eigenvalue weighted by Crippen LogP contribution is 2.33. The average Bonchev–Trinajstić information content (AvgIpc) is 3.16. The number of hydrogen-bond acceptors (Lipinski definition) is 3. The molecule has 1 saturated heterocycles. The lowest BCUT2D eigenvalue weighted by atomic mass is 9.98. The third kappa shape index (κ3) is 4.44. The third-order valence-electron chi connectivity index (χ3n) is 5.30. The first-order valence-corrected chi connectivity index (χ1v) is 9.66. The van der Waals surface area contributed by atoms with Crippen molar-refractivity contribution in [3.63, 3.8) is 0 Å². The summed E-state index contributed by atoms with van der Waals surface area (Å²) in [7, 11) is 1.66. The number of aryl methyl sites for hydroxylation is 1. The molecule has 0 radical (unpaired) electrons. The van der Waals surface area contributed by atoms with Gasteiger partial charge in [0.15, 0.2) is 6.61 Å². The van der Waals surface area contributed by atoms with Crippen LogP contribution in [0.1, 0.15) is 55.3 Å². The lowest BCUT2D eigenvalue weighted by molar-refractivity contribution is -0.134. The third-order valence-corrected chi connectivity index (χ3v) is 5.30. The molecule has 1 fully saturated rings. The second-order valence-electron chi connectivity index (χ2n) is 7.48. The molecular weight excluding hydrogens is 338 g/mol. The molecule has 0 N–H and O–H groups in total. The van der Waals surface area contributed by atoms with Crippen LogP contribution < -0.4 is 9.47 Å². The van der Waals surface area contributed by atoms with E-state index in [1.54, 1.807) is 7.11 Å². The van der Waals surface area contributed by atoms with Gasteiger partial charge in [-0.15, -0.1) is 0 Å². The Morgan fingerprint density at radius 2 is 1.85 bits per heavy atom. The number of hydrogen-bond donors (Lipinski definition) is 0. The van der Waals surface area contributed by atoms with Crippen LogP contribution in [0.4, 0.5) is 0 Å². The van der Waals surface area contributed by atoms with Gasteiger partial charge in [0.2, 0.25) is 0 Å². The zero-order valence-corrected chi connectivity index (χ0v) is 16.7. The molecule has 4 heteroatoms. The maximum atomic E-state index is 12.8. The summed E-state index contributed by atoms with van der Waals surface area (Å²) in [5.74, 6) is 2.11.